The van der Waals surface area contributed by atoms with Gasteiger partial charge in [0.2, 0.25) is 0 Å². The fourth-order valence-corrected chi connectivity index (χ4v) is 3.23. The molecule has 0 aliphatic rings. The van der Waals surface area contributed by atoms with Crippen molar-refractivity contribution < 1.29 is 14.7 Å². The summed E-state index contributed by atoms with van der Waals surface area (Å²) in [6.07, 6.45) is 8.72. The molecule has 0 saturated heterocycles. The van der Waals surface area contributed by atoms with Crippen LogP contribution in [0, 0.1) is 0 Å². The van der Waals surface area contributed by atoms with Gasteiger partial charge in [-0.2, -0.15) is 0 Å². The number of aryl methyl sites for hydroxylation is 1. The van der Waals surface area contributed by atoms with Crippen LogP contribution in [0.3, 0.4) is 0 Å². The lowest BCUT2D eigenvalue weighted by Gasteiger charge is -2.15. The molecular formula is C25H32O3. The van der Waals surface area contributed by atoms with Crippen molar-refractivity contribution in [3.8, 4) is 0 Å². The molecule has 150 valence electrons. The molecule has 3 heteroatoms. The van der Waals surface area contributed by atoms with E-state index in [2.05, 4.69) is 6.92 Å². The lowest BCUT2D eigenvalue weighted by atomic mass is 9.94. The molecular weight excluding hydrogens is 348 g/mol. The second-order valence-corrected chi connectivity index (χ2v) is 8.01. The molecule has 0 radical (unpaired) electrons. The summed E-state index contributed by atoms with van der Waals surface area (Å²) in [6, 6.07) is 14.3. The molecule has 0 amide bonds. The predicted molar refractivity (Wildman–Crippen MR) is 114 cm³/mol. The molecule has 0 aliphatic carbocycles. The molecule has 0 unspecified atom stereocenters. The van der Waals surface area contributed by atoms with E-state index in [1.54, 1.807) is 24.3 Å². The minimum atomic E-state index is -1.42. The Morgan fingerprint density at radius 1 is 0.750 bits per heavy atom. The molecule has 2 aromatic rings. The standard InChI is InChI=1S/C25H32O3/c1-4-5-6-7-8-9-10-19-11-13-20(14-12-19)23(26)21-15-17-22(18-16-21)24(27)25(2,3)28/h11-18,28H,4-10H2,1-3H3. The highest BCUT2D eigenvalue weighted by Gasteiger charge is 2.25. The van der Waals surface area contributed by atoms with E-state index >= 15 is 0 Å². The quantitative estimate of drug-likeness (QED) is 0.397. The number of rotatable bonds is 11. The maximum atomic E-state index is 12.7. The first-order valence-corrected chi connectivity index (χ1v) is 10.3. The van der Waals surface area contributed by atoms with E-state index in [0.29, 0.717) is 16.7 Å². The normalized spacial score (nSPS) is 11.4. The largest absolute Gasteiger partial charge is 0.382 e. The van der Waals surface area contributed by atoms with Crippen molar-refractivity contribution in [2.24, 2.45) is 0 Å². The molecule has 0 heterocycles. The number of unbranched alkanes of at least 4 members (excludes halogenated alkanes) is 5. The third-order valence-electron chi connectivity index (χ3n) is 5.00. The molecule has 0 spiro atoms. The molecule has 0 aromatic heterocycles. The Hall–Kier alpha value is -2.26. The fourth-order valence-electron chi connectivity index (χ4n) is 3.23. The van der Waals surface area contributed by atoms with Crippen molar-refractivity contribution in [2.45, 2.75) is 71.3 Å². The third-order valence-corrected chi connectivity index (χ3v) is 5.00. The summed E-state index contributed by atoms with van der Waals surface area (Å²) in [5.74, 6) is -0.418. The molecule has 3 nitrogen and oxygen atoms in total. The Kier molecular flexibility index (Phi) is 8.13. The van der Waals surface area contributed by atoms with Gasteiger partial charge in [-0.25, -0.2) is 0 Å². The molecule has 0 atom stereocenters. The minimum Gasteiger partial charge on any atom is -0.382 e. The summed E-state index contributed by atoms with van der Waals surface area (Å²) in [5, 5.41) is 9.82. The Labute approximate surface area is 168 Å². The predicted octanol–water partition coefficient (Wildman–Crippen LogP) is 5.77. The summed E-state index contributed by atoms with van der Waals surface area (Å²) >= 11 is 0. The van der Waals surface area contributed by atoms with Crippen molar-refractivity contribution in [1.29, 1.82) is 0 Å². The highest BCUT2D eigenvalue weighted by molar-refractivity contribution is 6.09. The highest BCUT2D eigenvalue weighted by atomic mass is 16.3. The number of carbonyl (C=O) groups is 2. The number of Topliss-reactive ketones (excluding diaryl/α,β-unsaturated/α-hetero) is 1. The Morgan fingerprint density at radius 3 is 1.75 bits per heavy atom. The second kappa shape index (κ2) is 10.3. The monoisotopic (exact) mass is 380 g/mol. The van der Waals surface area contributed by atoms with E-state index < -0.39 is 5.60 Å². The Balaban J connectivity index is 1.93. The van der Waals surface area contributed by atoms with Gasteiger partial charge in [-0.3, -0.25) is 9.59 Å². The zero-order chi connectivity index (χ0) is 20.6. The van der Waals surface area contributed by atoms with Gasteiger partial charge in [-0.05, 0) is 32.3 Å². The molecule has 0 saturated carbocycles. The smallest absolute Gasteiger partial charge is 0.193 e. The van der Waals surface area contributed by atoms with Crippen LogP contribution >= 0.6 is 0 Å². The zero-order valence-corrected chi connectivity index (χ0v) is 17.3. The molecule has 0 fully saturated rings. The summed E-state index contributed by atoms with van der Waals surface area (Å²) in [4.78, 5) is 24.7. The molecule has 0 bridgehead atoms. The SMILES string of the molecule is CCCCCCCCc1ccc(C(=O)c2ccc(C(=O)C(C)(C)O)cc2)cc1. The molecule has 1 N–H and O–H groups in total. The van der Waals surface area contributed by atoms with Crippen LogP contribution in [0.5, 0.6) is 0 Å². The Bertz CT molecular complexity index is 765. The molecule has 0 aliphatic heterocycles. The van der Waals surface area contributed by atoms with Crippen LogP contribution in [0.2, 0.25) is 0 Å². The number of aliphatic hydroxyl groups is 1. The maximum Gasteiger partial charge on any atom is 0.193 e. The third kappa shape index (κ3) is 6.42. The second-order valence-electron chi connectivity index (χ2n) is 8.01. The van der Waals surface area contributed by atoms with Gasteiger partial charge in [0.25, 0.3) is 0 Å². The van der Waals surface area contributed by atoms with E-state index in [1.165, 1.54) is 57.9 Å². The van der Waals surface area contributed by atoms with Crippen LogP contribution in [-0.4, -0.2) is 22.3 Å². The van der Waals surface area contributed by atoms with E-state index in [4.69, 9.17) is 0 Å². The van der Waals surface area contributed by atoms with Crippen LogP contribution in [0.15, 0.2) is 48.5 Å². The van der Waals surface area contributed by atoms with Gasteiger partial charge in [0.05, 0.1) is 0 Å². The van der Waals surface area contributed by atoms with E-state index in [1.807, 2.05) is 24.3 Å². The number of carbonyl (C=O) groups excluding carboxylic acids is 2. The number of benzene rings is 2. The van der Waals surface area contributed by atoms with Gasteiger partial charge in [0.1, 0.15) is 5.60 Å². The lowest BCUT2D eigenvalue weighted by Crippen LogP contribution is -2.31. The van der Waals surface area contributed by atoms with Gasteiger partial charge in [-0.1, -0.05) is 87.6 Å². The van der Waals surface area contributed by atoms with Gasteiger partial charge in [0.15, 0.2) is 11.6 Å². The van der Waals surface area contributed by atoms with Crippen molar-refractivity contribution in [1.82, 2.24) is 0 Å². The summed E-state index contributed by atoms with van der Waals surface area (Å²) < 4.78 is 0. The van der Waals surface area contributed by atoms with Crippen LogP contribution in [-0.2, 0) is 6.42 Å². The van der Waals surface area contributed by atoms with Crippen LogP contribution in [0.25, 0.3) is 0 Å². The van der Waals surface area contributed by atoms with Gasteiger partial charge >= 0.3 is 0 Å². The first kappa shape index (κ1) is 22.0. The average Bonchev–Trinajstić information content (AvgIpc) is 2.69. The van der Waals surface area contributed by atoms with E-state index in [0.717, 1.165) is 6.42 Å². The maximum absolute atomic E-state index is 12.7. The van der Waals surface area contributed by atoms with E-state index in [9.17, 15) is 14.7 Å². The van der Waals surface area contributed by atoms with Gasteiger partial charge in [-0.15, -0.1) is 0 Å². The first-order chi connectivity index (χ1) is 13.3. The van der Waals surface area contributed by atoms with Crippen LogP contribution < -0.4 is 0 Å². The lowest BCUT2D eigenvalue weighted by molar-refractivity contribution is 0.0488. The topological polar surface area (TPSA) is 54.4 Å². The highest BCUT2D eigenvalue weighted by Crippen LogP contribution is 2.17. The molecule has 28 heavy (non-hydrogen) atoms. The Morgan fingerprint density at radius 2 is 1.21 bits per heavy atom. The molecule has 2 aromatic carbocycles. The van der Waals surface area contributed by atoms with Gasteiger partial charge in [0, 0.05) is 16.7 Å². The van der Waals surface area contributed by atoms with Crippen LogP contribution in [0.1, 0.15) is 91.1 Å². The van der Waals surface area contributed by atoms with Crippen molar-refractivity contribution in [3.63, 3.8) is 0 Å². The number of hydrogen-bond donors (Lipinski definition) is 1. The van der Waals surface area contributed by atoms with Gasteiger partial charge < -0.3 is 5.11 Å². The summed E-state index contributed by atoms with van der Waals surface area (Å²) in [7, 11) is 0. The zero-order valence-electron chi connectivity index (χ0n) is 17.3. The van der Waals surface area contributed by atoms with Crippen LogP contribution in [0.4, 0.5) is 0 Å². The van der Waals surface area contributed by atoms with Crippen molar-refractivity contribution in [3.05, 3.63) is 70.8 Å². The molecule has 2 rings (SSSR count). The number of ketones is 2. The summed E-state index contributed by atoms with van der Waals surface area (Å²) in [5.41, 5.74) is 1.43. The first-order valence-electron chi connectivity index (χ1n) is 10.3. The summed E-state index contributed by atoms with van der Waals surface area (Å²) in [6.45, 7) is 5.15. The van der Waals surface area contributed by atoms with Crippen molar-refractivity contribution in [2.75, 3.05) is 0 Å². The van der Waals surface area contributed by atoms with E-state index in [-0.39, 0.29) is 11.6 Å². The van der Waals surface area contributed by atoms with Crippen molar-refractivity contribution >= 4 is 11.6 Å². The minimum absolute atomic E-state index is 0.0617. The number of hydrogen-bond acceptors (Lipinski definition) is 3. The fraction of sp³-hybridized carbons (Fsp3) is 0.440. The average molecular weight is 381 g/mol.